The zero-order valence-electron chi connectivity index (χ0n) is 13.0. The van der Waals surface area contributed by atoms with Crippen molar-refractivity contribution in [3.05, 3.63) is 29.3 Å². The first-order chi connectivity index (χ1) is 9.85. The number of ketones is 1. The van der Waals surface area contributed by atoms with Crippen LogP contribution in [0.4, 0.5) is 0 Å². The number of hydrogen-bond acceptors (Lipinski definition) is 4. The standard InChI is InChI=1S/C16H23NO4/c1-5-21-15-7-6-13(12(4)18)8-14(15)9-17(11(2)3)10-16(19)20/h6-8,11H,5,9-10H2,1-4H3,(H,19,20). The van der Waals surface area contributed by atoms with Crippen molar-refractivity contribution in [3.8, 4) is 5.75 Å². The Kier molecular flexibility index (Phi) is 6.37. The molecular weight excluding hydrogens is 270 g/mol. The van der Waals surface area contributed by atoms with Crippen LogP contribution in [0.1, 0.15) is 43.6 Å². The van der Waals surface area contributed by atoms with Gasteiger partial charge < -0.3 is 9.84 Å². The lowest BCUT2D eigenvalue weighted by Gasteiger charge is -2.25. The van der Waals surface area contributed by atoms with E-state index < -0.39 is 5.97 Å². The molecule has 0 saturated heterocycles. The van der Waals surface area contributed by atoms with E-state index in [0.29, 0.717) is 24.5 Å². The van der Waals surface area contributed by atoms with Crippen LogP contribution in [0.15, 0.2) is 18.2 Å². The molecule has 0 fully saturated rings. The fraction of sp³-hybridized carbons (Fsp3) is 0.500. The Morgan fingerprint density at radius 2 is 2.00 bits per heavy atom. The van der Waals surface area contributed by atoms with Gasteiger partial charge in [0.2, 0.25) is 0 Å². The molecule has 0 aliphatic heterocycles. The lowest BCUT2D eigenvalue weighted by molar-refractivity contribution is -0.139. The van der Waals surface area contributed by atoms with Crippen molar-refractivity contribution in [2.24, 2.45) is 0 Å². The van der Waals surface area contributed by atoms with E-state index in [2.05, 4.69) is 0 Å². The van der Waals surface area contributed by atoms with E-state index in [4.69, 9.17) is 9.84 Å². The van der Waals surface area contributed by atoms with Gasteiger partial charge in [-0.15, -0.1) is 0 Å². The van der Waals surface area contributed by atoms with Gasteiger partial charge in [0.1, 0.15) is 5.75 Å². The Morgan fingerprint density at radius 1 is 1.33 bits per heavy atom. The van der Waals surface area contributed by atoms with Gasteiger partial charge in [0.15, 0.2) is 5.78 Å². The summed E-state index contributed by atoms with van der Waals surface area (Å²) in [6, 6.07) is 5.37. The number of carbonyl (C=O) groups excluding carboxylic acids is 1. The minimum absolute atomic E-state index is 0.0198. The minimum atomic E-state index is -0.871. The third-order valence-electron chi connectivity index (χ3n) is 3.21. The maximum atomic E-state index is 11.5. The molecule has 1 aromatic rings. The molecule has 5 nitrogen and oxygen atoms in total. The van der Waals surface area contributed by atoms with E-state index in [1.807, 2.05) is 25.7 Å². The number of carboxylic acids is 1. The van der Waals surface area contributed by atoms with Crippen molar-refractivity contribution < 1.29 is 19.4 Å². The van der Waals surface area contributed by atoms with E-state index in [1.165, 1.54) is 6.92 Å². The van der Waals surface area contributed by atoms with Gasteiger partial charge in [-0.3, -0.25) is 14.5 Å². The van der Waals surface area contributed by atoms with E-state index in [9.17, 15) is 9.59 Å². The van der Waals surface area contributed by atoms with E-state index >= 15 is 0 Å². The Bertz CT molecular complexity index is 511. The zero-order chi connectivity index (χ0) is 16.0. The van der Waals surface area contributed by atoms with E-state index in [1.54, 1.807) is 18.2 Å². The number of ether oxygens (including phenoxy) is 1. The fourth-order valence-electron chi connectivity index (χ4n) is 2.03. The first-order valence-corrected chi connectivity index (χ1v) is 7.07. The number of rotatable bonds is 8. The predicted molar refractivity (Wildman–Crippen MR) is 80.8 cm³/mol. The molecule has 0 bridgehead atoms. The largest absolute Gasteiger partial charge is 0.494 e. The highest BCUT2D eigenvalue weighted by Crippen LogP contribution is 2.23. The summed E-state index contributed by atoms with van der Waals surface area (Å²) in [4.78, 5) is 24.3. The molecule has 0 unspecified atom stereocenters. The van der Waals surface area contributed by atoms with Crippen molar-refractivity contribution in [3.63, 3.8) is 0 Å². The molecule has 0 aliphatic carbocycles. The van der Waals surface area contributed by atoms with Gasteiger partial charge in [0.25, 0.3) is 0 Å². The van der Waals surface area contributed by atoms with Gasteiger partial charge in [-0.1, -0.05) is 0 Å². The Hall–Kier alpha value is -1.88. The van der Waals surface area contributed by atoms with Crippen LogP contribution in [0.25, 0.3) is 0 Å². The second-order valence-corrected chi connectivity index (χ2v) is 5.20. The average Bonchev–Trinajstić information content (AvgIpc) is 2.39. The smallest absolute Gasteiger partial charge is 0.317 e. The predicted octanol–water partition coefficient (Wildman–Crippen LogP) is 2.58. The quantitative estimate of drug-likeness (QED) is 0.746. The minimum Gasteiger partial charge on any atom is -0.494 e. The van der Waals surface area contributed by atoms with E-state index in [-0.39, 0.29) is 18.4 Å². The van der Waals surface area contributed by atoms with Crippen molar-refractivity contribution in [1.29, 1.82) is 0 Å². The maximum Gasteiger partial charge on any atom is 0.317 e. The summed E-state index contributed by atoms with van der Waals surface area (Å²) in [6.45, 7) is 8.19. The Labute approximate surface area is 125 Å². The molecule has 116 valence electrons. The molecule has 0 aliphatic rings. The van der Waals surface area contributed by atoms with E-state index in [0.717, 1.165) is 5.56 Å². The topological polar surface area (TPSA) is 66.8 Å². The van der Waals surface area contributed by atoms with Crippen LogP contribution in [-0.4, -0.2) is 41.0 Å². The third-order valence-corrected chi connectivity index (χ3v) is 3.21. The van der Waals surface area contributed by atoms with Gasteiger partial charge in [-0.05, 0) is 45.9 Å². The molecule has 0 saturated carbocycles. The van der Waals surface area contributed by atoms with Gasteiger partial charge in [-0.2, -0.15) is 0 Å². The number of carbonyl (C=O) groups is 2. The maximum absolute atomic E-state index is 11.5. The summed E-state index contributed by atoms with van der Waals surface area (Å²) in [6.07, 6.45) is 0. The molecule has 1 rings (SSSR count). The summed E-state index contributed by atoms with van der Waals surface area (Å²) >= 11 is 0. The molecule has 21 heavy (non-hydrogen) atoms. The molecule has 5 heteroatoms. The van der Waals surface area contributed by atoms with Gasteiger partial charge in [0, 0.05) is 23.7 Å². The SMILES string of the molecule is CCOc1ccc(C(C)=O)cc1CN(CC(=O)O)C(C)C. The molecular formula is C16H23NO4. The Balaban J connectivity index is 3.08. The van der Waals surface area contributed by atoms with Crippen LogP contribution < -0.4 is 4.74 Å². The highest BCUT2D eigenvalue weighted by molar-refractivity contribution is 5.94. The number of Topliss-reactive ketones (excluding diaryl/α,β-unsaturated/α-hetero) is 1. The van der Waals surface area contributed by atoms with Gasteiger partial charge >= 0.3 is 5.97 Å². The summed E-state index contributed by atoms with van der Waals surface area (Å²) in [5.74, 6) is -0.198. The van der Waals surface area contributed by atoms with Crippen molar-refractivity contribution in [2.45, 2.75) is 40.3 Å². The molecule has 1 aromatic carbocycles. The number of hydrogen-bond donors (Lipinski definition) is 1. The fourth-order valence-corrected chi connectivity index (χ4v) is 2.03. The monoisotopic (exact) mass is 293 g/mol. The molecule has 0 heterocycles. The number of nitrogens with zero attached hydrogens (tertiary/aromatic N) is 1. The number of benzene rings is 1. The lowest BCUT2D eigenvalue weighted by Crippen LogP contribution is -2.35. The second kappa shape index (κ2) is 7.78. The van der Waals surface area contributed by atoms with Crippen LogP contribution in [0.3, 0.4) is 0 Å². The average molecular weight is 293 g/mol. The molecule has 0 amide bonds. The number of carboxylic acid groups (broad SMARTS) is 1. The van der Waals surface area contributed by atoms with Crippen LogP contribution in [-0.2, 0) is 11.3 Å². The normalized spacial score (nSPS) is 11.0. The molecule has 0 atom stereocenters. The lowest BCUT2D eigenvalue weighted by atomic mass is 10.1. The van der Waals surface area contributed by atoms with Crippen molar-refractivity contribution in [2.75, 3.05) is 13.2 Å². The molecule has 1 N–H and O–H groups in total. The van der Waals surface area contributed by atoms with Crippen molar-refractivity contribution >= 4 is 11.8 Å². The summed E-state index contributed by atoms with van der Waals surface area (Å²) in [5, 5.41) is 9.00. The molecule has 0 radical (unpaired) electrons. The summed E-state index contributed by atoms with van der Waals surface area (Å²) in [5.41, 5.74) is 1.44. The molecule has 0 spiro atoms. The second-order valence-electron chi connectivity index (χ2n) is 5.20. The van der Waals surface area contributed by atoms with Crippen LogP contribution in [0.2, 0.25) is 0 Å². The Morgan fingerprint density at radius 3 is 2.48 bits per heavy atom. The van der Waals surface area contributed by atoms with Crippen molar-refractivity contribution in [1.82, 2.24) is 4.90 Å². The highest BCUT2D eigenvalue weighted by Gasteiger charge is 2.17. The van der Waals surface area contributed by atoms with Crippen LogP contribution in [0.5, 0.6) is 5.75 Å². The first-order valence-electron chi connectivity index (χ1n) is 7.07. The van der Waals surface area contributed by atoms with Crippen LogP contribution in [0, 0.1) is 0 Å². The third kappa shape index (κ3) is 5.19. The summed E-state index contributed by atoms with van der Waals surface area (Å²) in [7, 11) is 0. The molecule has 0 aromatic heterocycles. The highest BCUT2D eigenvalue weighted by atomic mass is 16.5. The first kappa shape index (κ1) is 17.2. The zero-order valence-corrected chi connectivity index (χ0v) is 13.0. The summed E-state index contributed by atoms with van der Waals surface area (Å²) < 4.78 is 5.57. The van der Waals surface area contributed by atoms with Gasteiger partial charge in [-0.25, -0.2) is 0 Å². The number of aliphatic carboxylic acids is 1. The van der Waals surface area contributed by atoms with Gasteiger partial charge in [0.05, 0.1) is 13.2 Å². The van der Waals surface area contributed by atoms with Crippen LogP contribution >= 0.6 is 0 Å².